The standard InChI is InChI=1S/C14H20N2O2/c1-4-13(17)15-9-14(18)16-12-7-5-11(6-8-12)10(2)3/h5-8,10H,4,9H2,1-3H3,(H,15,17)(H,16,18). The first-order valence-corrected chi connectivity index (χ1v) is 6.19. The molecule has 1 aromatic carbocycles. The molecule has 98 valence electrons. The van der Waals surface area contributed by atoms with Gasteiger partial charge >= 0.3 is 0 Å². The molecule has 0 atom stereocenters. The van der Waals surface area contributed by atoms with Crippen molar-refractivity contribution < 1.29 is 9.59 Å². The van der Waals surface area contributed by atoms with Crippen LogP contribution in [0, 0.1) is 0 Å². The summed E-state index contributed by atoms with van der Waals surface area (Å²) in [6, 6.07) is 7.72. The minimum Gasteiger partial charge on any atom is -0.347 e. The molecule has 0 heterocycles. The van der Waals surface area contributed by atoms with Crippen LogP contribution in [0.25, 0.3) is 0 Å². The summed E-state index contributed by atoms with van der Waals surface area (Å²) < 4.78 is 0. The Kier molecular flexibility index (Phi) is 5.36. The molecule has 0 aromatic heterocycles. The molecule has 0 radical (unpaired) electrons. The molecular weight excluding hydrogens is 228 g/mol. The maximum absolute atomic E-state index is 11.5. The van der Waals surface area contributed by atoms with Crippen molar-refractivity contribution in [3.05, 3.63) is 29.8 Å². The summed E-state index contributed by atoms with van der Waals surface area (Å²) in [6.45, 7) is 6.00. The predicted molar refractivity (Wildman–Crippen MR) is 72.5 cm³/mol. The van der Waals surface area contributed by atoms with Crippen molar-refractivity contribution in [3.8, 4) is 0 Å². The van der Waals surface area contributed by atoms with Crippen LogP contribution in [0.15, 0.2) is 24.3 Å². The van der Waals surface area contributed by atoms with Crippen LogP contribution in [-0.4, -0.2) is 18.4 Å². The molecule has 0 unspecified atom stereocenters. The van der Waals surface area contributed by atoms with Gasteiger partial charge in [-0.1, -0.05) is 32.9 Å². The third-order valence-electron chi connectivity index (χ3n) is 2.63. The highest BCUT2D eigenvalue weighted by Crippen LogP contribution is 2.16. The van der Waals surface area contributed by atoms with E-state index in [-0.39, 0.29) is 18.4 Å². The number of hydrogen-bond acceptors (Lipinski definition) is 2. The molecule has 0 bridgehead atoms. The Labute approximate surface area is 108 Å². The van der Waals surface area contributed by atoms with Crippen molar-refractivity contribution in [1.82, 2.24) is 5.32 Å². The lowest BCUT2D eigenvalue weighted by Crippen LogP contribution is -2.32. The molecule has 2 N–H and O–H groups in total. The number of benzene rings is 1. The number of nitrogens with one attached hydrogen (secondary N) is 2. The van der Waals surface area contributed by atoms with Crippen molar-refractivity contribution in [3.63, 3.8) is 0 Å². The van der Waals surface area contributed by atoms with Crippen molar-refractivity contribution >= 4 is 17.5 Å². The Morgan fingerprint density at radius 1 is 1.11 bits per heavy atom. The zero-order valence-electron chi connectivity index (χ0n) is 11.1. The van der Waals surface area contributed by atoms with Crippen LogP contribution >= 0.6 is 0 Å². The van der Waals surface area contributed by atoms with Gasteiger partial charge in [0.1, 0.15) is 0 Å². The van der Waals surface area contributed by atoms with E-state index in [1.54, 1.807) is 6.92 Å². The Bertz CT molecular complexity index is 410. The normalized spacial score (nSPS) is 10.2. The fraction of sp³-hybridized carbons (Fsp3) is 0.429. The molecule has 0 fully saturated rings. The molecule has 2 amide bonds. The second-order valence-electron chi connectivity index (χ2n) is 4.46. The highest BCUT2D eigenvalue weighted by molar-refractivity contribution is 5.94. The van der Waals surface area contributed by atoms with E-state index in [0.717, 1.165) is 5.69 Å². The average molecular weight is 248 g/mol. The fourth-order valence-corrected chi connectivity index (χ4v) is 1.46. The third kappa shape index (κ3) is 4.57. The monoisotopic (exact) mass is 248 g/mol. The van der Waals surface area contributed by atoms with Gasteiger partial charge in [-0.3, -0.25) is 9.59 Å². The van der Waals surface area contributed by atoms with Crippen LogP contribution in [0.3, 0.4) is 0 Å². The summed E-state index contributed by atoms with van der Waals surface area (Å²) in [6.07, 6.45) is 0.385. The molecule has 0 saturated heterocycles. The zero-order valence-corrected chi connectivity index (χ0v) is 11.1. The van der Waals surface area contributed by atoms with E-state index in [1.165, 1.54) is 5.56 Å². The van der Waals surface area contributed by atoms with E-state index in [9.17, 15) is 9.59 Å². The van der Waals surface area contributed by atoms with E-state index in [4.69, 9.17) is 0 Å². The molecule has 4 heteroatoms. The van der Waals surface area contributed by atoms with E-state index < -0.39 is 0 Å². The highest BCUT2D eigenvalue weighted by atomic mass is 16.2. The molecule has 1 aromatic rings. The number of anilines is 1. The first kappa shape index (κ1) is 14.2. The first-order valence-electron chi connectivity index (χ1n) is 6.19. The molecule has 0 aliphatic heterocycles. The molecule has 0 aliphatic carbocycles. The number of carbonyl (C=O) groups excluding carboxylic acids is 2. The molecular formula is C14H20N2O2. The summed E-state index contributed by atoms with van der Waals surface area (Å²) in [4.78, 5) is 22.5. The molecule has 4 nitrogen and oxygen atoms in total. The number of amides is 2. The predicted octanol–water partition coefficient (Wildman–Crippen LogP) is 2.27. The van der Waals surface area contributed by atoms with Crippen LogP contribution < -0.4 is 10.6 Å². The van der Waals surface area contributed by atoms with Gasteiger partial charge in [-0.2, -0.15) is 0 Å². The van der Waals surface area contributed by atoms with Crippen LogP contribution in [0.4, 0.5) is 5.69 Å². The van der Waals surface area contributed by atoms with Crippen LogP contribution in [0.1, 0.15) is 38.7 Å². The van der Waals surface area contributed by atoms with Crippen molar-refractivity contribution in [2.45, 2.75) is 33.1 Å². The van der Waals surface area contributed by atoms with Crippen molar-refractivity contribution in [2.24, 2.45) is 0 Å². The van der Waals surface area contributed by atoms with Gasteiger partial charge in [0.05, 0.1) is 6.54 Å². The fourth-order valence-electron chi connectivity index (χ4n) is 1.46. The minimum absolute atomic E-state index is 0.0125. The summed E-state index contributed by atoms with van der Waals surface area (Å²) in [5.41, 5.74) is 1.97. The quantitative estimate of drug-likeness (QED) is 0.839. The molecule has 18 heavy (non-hydrogen) atoms. The largest absolute Gasteiger partial charge is 0.347 e. The zero-order chi connectivity index (χ0) is 13.5. The van der Waals surface area contributed by atoms with Gasteiger partial charge in [0.25, 0.3) is 0 Å². The summed E-state index contributed by atoms with van der Waals surface area (Å²) >= 11 is 0. The number of hydrogen-bond donors (Lipinski definition) is 2. The first-order chi connectivity index (χ1) is 8.52. The van der Waals surface area contributed by atoms with Gasteiger partial charge in [0, 0.05) is 12.1 Å². The second-order valence-corrected chi connectivity index (χ2v) is 4.46. The van der Waals surface area contributed by atoms with Crippen LogP contribution in [0.2, 0.25) is 0 Å². The smallest absolute Gasteiger partial charge is 0.243 e. The Morgan fingerprint density at radius 3 is 2.22 bits per heavy atom. The van der Waals surface area contributed by atoms with Crippen molar-refractivity contribution in [1.29, 1.82) is 0 Å². The highest BCUT2D eigenvalue weighted by Gasteiger charge is 2.05. The number of rotatable bonds is 5. The second kappa shape index (κ2) is 6.79. The van der Waals surface area contributed by atoms with Crippen LogP contribution in [-0.2, 0) is 9.59 Å². The lowest BCUT2D eigenvalue weighted by atomic mass is 10.0. The summed E-state index contributed by atoms with van der Waals surface area (Å²) in [5.74, 6) is 0.132. The molecule has 1 rings (SSSR count). The van der Waals surface area contributed by atoms with E-state index in [1.807, 2.05) is 24.3 Å². The van der Waals surface area contributed by atoms with Crippen molar-refractivity contribution in [2.75, 3.05) is 11.9 Å². The summed E-state index contributed by atoms with van der Waals surface area (Å²) in [7, 11) is 0. The third-order valence-corrected chi connectivity index (χ3v) is 2.63. The van der Waals surface area contributed by atoms with E-state index >= 15 is 0 Å². The molecule has 0 saturated carbocycles. The van der Waals surface area contributed by atoms with Gasteiger partial charge in [0.15, 0.2) is 0 Å². The molecule has 0 aliphatic rings. The van der Waals surface area contributed by atoms with Gasteiger partial charge in [-0.25, -0.2) is 0 Å². The van der Waals surface area contributed by atoms with Gasteiger partial charge in [-0.15, -0.1) is 0 Å². The SMILES string of the molecule is CCC(=O)NCC(=O)Nc1ccc(C(C)C)cc1. The van der Waals surface area contributed by atoms with Gasteiger partial charge in [-0.05, 0) is 23.6 Å². The Hall–Kier alpha value is -1.84. The average Bonchev–Trinajstić information content (AvgIpc) is 2.36. The number of carbonyl (C=O) groups is 2. The van der Waals surface area contributed by atoms with Gasteiger partial charge < -0.3 is 10.6 Å². The van der Waals surface area contributed by atoms with Crippen LogP contribution in [0.5, 0.6) is 0 Å². The maximum Gasteiger partial charge on any atom is 0.243 e. The molecule has 0 spiro atoms. The minimum atomic E-state index is -0.214. The van der Waals surface area contributed by atoms with E-state index in [2.05, 4.69) is 24.5 Å². The lowest BCUT2D eigenvalue weighted by Gasteiger charge is -2.08. The Balaban J connectivity index is 2.47. The lowest BCUT2D eigenvalue weighted by molar-refractivity contribution is -0.123. The van der Waals surface area contributed by atoms with Gasteiger partial charge in [0.2, 0.25) is 11.8 Å². The topological polar surface area (TPSA) is 58.2 Å². The maximum atomic E-state index is 11.5. The van der Waals surface area contributed by atoms with E-state index in [0.29, 0.717) is 12.3 Å². The summed E-state index contributed by atoms with van der Waals surface area (Å²) in [5, 5.41) is 5.26. The Morgan fingerprint density at radius 2 is 1.72 bits per heavy atom.